The first kappa shape index (κ1) is 9.12. The van der Waals surface area contributed by atoms with E-state index in [1.54, 1.807) is 0 Å². The van der Waals surface area contributed by atoms with E-state index in [4.69, 9.17) is 10.2 Å². The zero-order valence-corrected chi connectivity index (χ0v) is 5.27. The SMILES string of the molecule is O=[N+]([O-])OC[C@@H](O)CCO. The minimum Gasteiger partial charge on any atom is -0.396 e. The monoisotopic (exact) mass is 151 g/mol. The average molecular weight is 151 g/mol. The summed E-state index contributed by atoms with van der Waals surface area (Å²) in [7, 11) is 0. The van der Waals surface area contributed by atoms with Crippen molar-refractivity contribution in [2.45, 2.75) is 12.5 Å². The lowest BCUT2D eigenvalue weighted by Gasteiger charge is -2.05. The third-order valence-electron chi connectivity index (χ3n) is 0.835. The molecule has 2 N–H and O–H groups in total. The van der Waals surface area contributed by atoms with Crippen LogP contribution in [0.4, 0.5) is 0 Å². The first-order valence-corrected chi connectivity index (χ1v) is 2.73. The summed E-state index contributed by atoms with van der Waals surface area (Å²) in [5, 5.41) is 25.5. The minimum absolute atomic E-state index is 0.0911. The summed E-state index contributed by atoms with van der Waals surface area (Å²) in [6, 6.07) is 0. The largest absolute Gasteiger partial charge is 0.396 e. The number of rotatable bonds is 5. The Labute approximate surface area is 57.1 Å². The Balaban J connectivity index is 3.21. The maximum atomic E-state index is 9.52. The van der Waals surface area contributed by atoms with E-state index < -0.39 is 11.2 Å². The van der Waals surface area contributed by atoms with E-state index in [-0.39, 0.29) is 19.6 Å². The van der Waals surface area contributed by atoms with Crippen LogP contribution in [0.1, 0.15) is 6.42 Å². The van der Waals surface area contributed by atoms with Crippen LogP contribution in [0.5, 0.6) is 0 Å². The number of aliphatic hydroxyl groups excluding tert-OH is 2. The second kappa shape index (κ2) is 4.95. The van der Waals surface area contributed by atoms with Gasteiger partial charge in [-0.3, -0.25) is 0 Å². The van der Waals surface area contributed by atoms with E-state index in [1.165, 1.54) is 0 Å². The van der Waals surface area contributed by atoms with Crippen LogP contribution in [0.25, 0.3) is 0 Å². The van der Waals surface area contributed by atoms with E-state index in [0.717, 1.165) is 0 Å². The molecule has 0 bridgehead atoms. The Bertz CT molecular complexity index is 106. The molecule has 0 heterocycles. The zero-order chi connectivity index (χ0) is 7.98. The van der Waals surface area contributed by atoms with E-state index >= 15 is 0 Å². The summed E-state index contributed by atoms with van der Waals surface area (Å²) in [6.07, 6.45) is -0.871. The van der Waals surface area contributed by atoms with Gasteiger partial charge < -0.3 is 15.1 Å². The molecule has 0 aromatic carbocycles. The van der Waals surface area contributed by atoms with Crippen molar-refractivity contribution in [3.8, 4) is 0 Å². The van der Waals surface area contributed by atoms with Crippen LogP contribution < -0.4 is 0 Å². The molecule has 0 saturated heterocycles. The highest BCUT2D eigenvalue weighted by atomic mass is 17.0. The van der Waals surface area contributed by atoms with Crippen molar-refractivity contribution in [1.82, 2.24) is 0 Å². The van der Waals surface area contributed by atoms with Crippen LogP contribution in [-0.2, 0) is 4.84 Å². The predicted molar refractivity (Wildman–Crippen MR) is 30.7 cm³/mol. The molecule has 0 aliphatic carbocycles. The molecule has 0 aliphatic rings. The third-order valence-corrected chi connectivity index (χ3v) is 0.835. The van der Waals surface area contributed by atoms with Crippen molar-refractivity contribution in [2.75, 3.05) is 13.2 Å². The molecule has 10 heavy (non-hydrogen) atoms. The van der Waals surface area contributed by atoms with Gasteiger partial charge in [-0.2, -0.15) is 0 Å². The highest BCUT2D eigenvalue weighted by Crippen LogP contribution is 1.90. The van der Waals surface area contributed by atoms with Crippen LogP contribution in [-0.4, -0.2) is 34.6 Å². The molecule has 60 valence electrons. The molecule has 6 heteroatoms. The van der Waals surface area contributed by atoms with Crippen LogP contribution in [0.15, 0.2) is 0 Å². The number of nitrogens with zero attached hydrogens (tertiary/aromatic N) is 1. The van der Waals surface area contributed by atoms with Gasteiger partial charge in [-0.05, 0) is 6.42 Å². The van der Waals surface area contributed by atoms with Gasteiger partial charge in [0.2, 0.25) is 0 Å². The van der Waals surface area contributed by atoms with E-state index in [1.807, 2.05) is 0 Å². The number of hydrogen-bond donors (Lipinski definition) is 2. The standard InChI is InChI=1S/C4H9NO5/c6-2-1-4(7)3-10-5(8)9/h4,6-7H,1-3H2/t4-/m0/s1. The van der Waals surface area contributed by atoms with E-state index in [2.05, 4.69) is 4.84 Å². The third kappa shape index (κ3) is 5.26. The lowest BCUT2D eigenvalue weighted by atomic mass is 10.3. The van der Waals surface area contributed by atoms with Gasteiger partial charge in [0, 0.05) is 6.61 Å². The molecule has 0 aromatic rings. The van der Waals surface area contributed by atoms with Gasteiger partial charge in [0.25, 0.3) is 5.09 Å². The molecule has 0 saturated carbocycles. The van der Waals surface area contributed by atoms with E-state index in [9.17, 15) is 10.1 Å². The highest BCUT2D eigenvalue weighted by molar-refractivity contribution is 4.49. The van der Waals surface area contributed by atoms with E-state index in [0.29, 0.717) is 0 Å². The highest BCUT2D eigenvalue weighted by Gasteiger charge is 2.04. The van der Waals surface area contributed by atoms with Crippen LogP contribution in [0.3, 0.4) is 0 Å². The second-order valence-electron chi connectivity index (χ2n) is 1.69. The van der Waals surface area contributed by atoms with Crippen LogP contribution >= 0.6 is 0 Å². The zero-order valence-electron chi connectivity index (χ0n) is 5.27. The quantitative estimate of drug-likeness (QED) is 0.386. The molecule has 0 amide bonds. The molecular formula is C4H9NO5. The molecule has 0 fully saturated rings. The lowest BCUT2D eigenvalue weighted by Crippen LogP contribution is -2.18. The van der Waals surface area contributed by atoms with Crippen LogP contribution in [0.2, 0.25) is 0 Å². The Morgan fingerprint density at radius 1 is 1.70 bits per heavy atom. The Kier molecular flexibility index (Phi) is 4.51. The maximum absolute atomic E-state index is 9.52. The van der Waals surface area contributed by atoms with Gasteiger partial charge in [0.1, 0.15) is 6.61 Å². The van der Waals surface area contributed by atoms with Gasteiger partial charge in [0.15, 0.2) is 0 Å². The average Bonchev–Trinajstić information content (AvgIpc) is 1.85. The normalized spacial score (nSPS) is 12.6. The molecule has 0 spiro atoms. The van der Waals surface area contributed by atoms with Crippen LogP contribution in [0, 0.1) is 10.1 Å². The van der Waals surface area contributed by atoms with Crippen molar-refractivity contribution in [3.63, 3.8) is 0 Å². The second-order valence-corrected chi connectivity index (χ2v) is 1.69. The minimum atomic E-state index is -0.986. The predicted octanol–water partition coefficient (Wildman–Crippen LogP) is -1.06. The fraction of sp³-hybridized carbons (Fsp3) is 1.00. The first-order chi connectivity index (χ1) is 4.66. The van der Waals surface area contributed by atoms with Crippen molar-refractivity contribution in [1.29, 1.82) is 0 Å². The first-order valence-electron chi connectivity index (χ1n) is 2.73. The molecule has 6 nitrogen and oxygen atoms in total. The Morgan fingerprint density at radius 2 is 2.30 bits per heavy atom. The van der Waals surface area contributed by atoms with Gasteiger partial charge in [-0.25, -0.2) is 0 Å². The summed E-state index contributed by atoms with van der Waals surface area (Å²) in [5.41, 5.74) is 0. The summed E-state index contributed by atoms with van der Waals surface area (Å²) in [4.78, 5) is 13.3. The fourth-order valence-corrected chi connectivity index (χ4v) is 0.379. The van der Waals surface area contributed by atoms with Crippen molar-refractivity contribution in [3.05, 3.63) is 10.1 Å². The number of hydrogen-bond acceptors (Lipinski definition) is 5. The van der Waals surface area contributed by atoms with Crippen molar-refractivity contribution in [2.24, 2.45) is 0 Å². The molecule has 1 atom stereocenters. The summed E-state index contributed by atoms with van der Waals surface area (Å²) >= 11 is 0. The molecular weight excluding hydrogens is 142 g/mol. The smallest absolute Gasteiger partial charge is 0.294 e. The van der Waals surface area contributed by atoms with Gasteiger partial charge >= 0.3 is 0 Å². The molecule has 0 unspecified atom stereocenters. The molecule has 0 aromatic heterocycles. The summed E-state index contributed by atoms with van der Waals surface area (Å²) < 4.78 is 0. The number of aliphatic hydroxyl groups is 2. The van der Waals surface area contributed by atoms with Crippen molar-refractivity contribution >= 4 is 0 Å². The molecule has 0 aliphatic heterocycles. The Hall–Kier alpha value is -0.880. The molecule has 0 radical (unpaired) electrons. The fourth-order valence-electron chi connectivity index (χ4n) is 0.379. The molecule has 0 rings (SSSR count). The topological polar surface area (TPSA) is 92.8 Å². The van der Waals surface area contributed by atoms with Crippen molar-refractivity contribution < 1.29 is 20.1 Å². The van der Waals surface area contributed by atoms with Gasteiger partial charge in [-0.1, -0.05) is 0 Å². The summed E-state index contributed by atoms with van der Waals surface area (Å²) in [5.74, 6) is 0. The lowest BCUT2D eigenvalue weighted by molar-refractivity contribution is -0.759. The van der Waals surface area contributed by atoms with Gasteiger partial charge in [0.05, 0.1) is 6.10 Å². The maximum Gasteiger partial charge on any atom is 0.294 e. The Morgan fingerprint density at radius 3 is 2.70 bits per heavy atom. The van der Waals surface area contributed by atoms with Gasteiger partial charge in [-0.15, -0.1) is 10.1 Å². The summed E-state index contributed by atoms with van der Waals surface area (Å²) in [6.45, 7) is -0.587.